The van der Waals surface area contributed by atoms with Crippen LogP contribution in [0.15, 0.2) is 18.2 Å². The van der Waals surface area contributed by atoms with Crippen LogP contribution >= 0.6 is 0 Å². The fourth-order valence-electron chi connectivity index (χ4n) is 1.31. The fourth-order valence-corrected chi connectivity index (χ4v) is 1.31. The lowest BCUT2D eigenvalue weighted by molar-refractivity contribution is 0.135. The molecule has 1 aromatic rings. The maximum Gasteiger partial charge on any atom is 0.264 e. The van der Waals surface area contributed by atoms with Crippen LogP contribution in [-0.4, -0.2) is 13.7 Å². The molecule has 0 bridgehead atoms. The molecule has 0 aromatic heterocycles. The molecule has 0 spiro atoms. The normalized spacial score (nSPS) is 10.7. The molecule has 0 heterocycles. The van der Waals surface area contributed by atoms with Crippen molar-refractivity contribution >= 4 is 0 Å². The highest BCUT2D eigenvalue weighted by molar-refractivity contribution is 5.36. The van der Waals surface area contributed by atoms with E-state index in [9.17, 15) is 8.78 Å². The topological polar surface area (TPSA) is 44.5 Å². The van der Waals surface area contributed by atoms with Crippen molar-refractivity contribution < 1.29 is 18.4 Å². The third-order valence-electron chi connectivity index (χ3n) is 2.07. The van der Waals surface area contributed by atoms with Gasteiger partial charge in [0, 0.05) is 5.56 Å². The molecule has 0 amide bonds. The number of halogens is 2. The molecule has 1 aromatic carbocycles. The fraction of sp³-hybridized carbons (Fsp3) is 0.400. The molecule has 0 atom stereocenters. The summed E-state index contributed by atoms with van der Waals surface area (Å²) < 4.78 is 30.1. The zero-order valence-electron chi connectivity index (χ0n) is 8.37. The summed E-state index contributed by atoms with van der Waals surface area (Å²) in [6.07, 6.45) is -2.16. The molecule has 84 valence electrons. The van der Waals surface area contributed by atoms with Crippen molar-refractivity contribution in [2.75, 3.05) is 13.7 Å². The lowest BCUT2D eigenvalue weighted by atomic mass is 10.0. The highest BCUT2D eigenvalue weighted by Crippen LogP contribution is 2.26. The van der Waals surface area contributed by atoms with Crippen LogP contribution in [0.1, 0.15) is 17.6 Å². The van der Waals surface area contributed by atoms with Gasteiger partial charge >= 0.3 is 0 Å². The smallest absolute Gasteiger partial charge is 0.264 e. The first-order chi connectivity index (χ1) is 7.19. The zero-order valence-corrected chi connectivity index (χ0v) is 8.37. The molecule has 15 heavy (non-hydrogen) atoms. The highest BCUT2D eigenvalue weighted by Gasteiger charge is 2.13. The molecular formula is C10H13F2NO2. The molecule has 0 radical (unpaired) electrons. The summed E-state index contributed by atoms with van der Waals surface area (Å²) >= 11 is 0. The average molecular weight is 217 g/mol. The summed E-state index contributed by atoms with van der Waals surface area (Å²) in [6, 6.07) is 4.43. The second-order valence-corrected chi connectivity index (χ2v) is 2.99. The third kappa shape index (κ3) is 3.14. The van der Waals surface area contributed by atoms with E-state index < -0.39 is 6.43 Å². The van der Waals surface area contributed by atoms with Crippen LogP contribution < -0.4 is 10.6 Å². The molecule has 3 nitrogen and oxygen atoms in total. The van der Waals surface area contributed by atoms with Gasteiger partial charge in [-0.1, -0.05) is 0 Å². The van der Waals surface area contributed by atoms with Crippen molar-refractivity contribution in [2.45, 2.75) is 12.8 Å². The second-order valence-electron chi connectivity index (χ2n) is 2.99. The van der Waals surface area contributed by atoms with Crippen molar-refractivity contribution in [1.29, 1.82) is 0 Å². The molecule has 0 unspecified atom stereocenters. The van der Waals surface area contributed by atoms with Crippen LogP contribution in [0.5, 0.6) is 5.75 Å². The van der Waals surface area contributed by atoms with Gasteiger partial charge in [0.2, 0.25) is 0 Å². The number of rotatable bonds is 5. The van der Waals surface area contributed by atoms with Crippen LogP contribution in [0.25, 0.3) is 0 Å². The second kappa shape index (κ2) is 5.63. The van der Waals surface area contributed by atoms with Gasteiger partial charge in [0.1, 0.15) is 5.75 Å². The van der Waals surface area contributed by atoms with E-state index in [4.69, 9.17) is 10.6 Å². The molecule has 0 aliphatic heterocycles. The largest absolute Gasteiger partial charge is 0.497 e. The maximum absolute atomic E-state index is 12.6. The van der Waals surface area contributed by atoms with Crippen molar-refractivity contribution in [3.8, 4) is 5.75 Å². The molecule has 2 N–H and O–H groups in total. The first-order valence-electron chi connectivity index (χ1n) is 4.45. The summed E-state index contributed by atoms with van der Waals surface area (Å²) in [6.45, 7) is 0.201. The van der Waals surface area contributed by atoms with Gasteiger partial charge in [-0.05, 0) is 30.2 Å². The standard InChI is InChI=1S/C10H13F2NO2/c1-14-8-2-3-9(10(11)12)7(6-8)4-5-15-13/h2-3,6,10H,4-5,13H2,1H3. The van der Waals surface area contributed by atoms with Crippen molar-refractivity contribution in [3.63, 3.8) is 0 Å². The Morgan fingerprint density at radius 2 is 2.13 bits per heavy atom. The molecule has 0 saturated heterocycles. The van der Waals surface area contributed by atoms with Crippen molar-refractivity contribution in [1.82, 2.24) is 0 Å². The predicted octanol–water partition coefficient (Wildman–Crippen LogP) is 2.07. The van der Waals surface area contributed by atoms with Gasteiger partial charge in [0.25, 0.3) is 6.43 Å². The lowest BCUT2D eigenvalue weighted by Crippen LogP contribution is -2.06. The molecule has 0 aliphatic rings. The van der Waals surface area contributed by atoms with Crippen molar-refractivity contribution in [2.24, 2.45) is 5.90 Å². The van der Waals surface area contributed by atoms with Gasteiger partial charge in [-0.3, -0.25) is 0 Å². The number of benzene rings is 1. The minimum atomic E-state index is -2.50. The van der Waals surface area contributed by atoms with Gasteiger partial charge < -0.3 is 9.57 Å². The SMILES string of the molecule is COc1ccc(C(F)F)c(CCON)c1. The maximum atomic E-state index is 12.6. The Morgan fingerprint density at radius 1 is 1.40 bits per heavy atom. The third-order valence-corrected chi connectivity index (χ3v) is 2.07. The van der Waals surface area contributed by atoms with Gasteiger partial charge in [-0.2, -0.15) is 0 Å². The van der Waals surface area contributed by atoms with Gasteiger partial charge in [0.05, 0.1) is 13.7 Å². The van der Waals surface area contributed by atoms with E-state index >= 15 is 0 Å². The summed E-state index contributed by atoms with van der Waals surface area (Å²) in [7, 11) is 1.49. The predicted molar refractivity (Wildman–Crippen MR) is 51.8 cm³/mol. The Bertz CT molecular complexity index is 318. The van der Waals surface area contributed by atoms with Crippen LogP contribution in [-0.2, 0) is 11.3 Å². The number of ether oxygens (including phenoxy) is 1. The van der Waals surface area contributed by atoms with Crippen LogP contribution in [0.3, 0.4) is 0 Å². The van der Waals surface area contributed by atoms with E-state index in [0.29, 0.717) is 17.7 Å². The number of hydrogen-bond acceptors (Lipinski definition) is 3. The first kappa shape index (κ1) is 11.9. The average Bonchev–Trinajstić information content (AvgIpc) is 2.25. The monoisotopic (exact) mass is 217 g/mol. The number of alkyl halides is 2. The van der Waals surface area contributed by atoms with E-state index in [2.05, 4.69) is 4.84 Å². The molecule has 1 rings (SSSR count). The summed E-state index contributed by atoms with van der Waals surface area (Å²) in [4.78, 5) is 4.37. The molecule has 0 aliphatic carbocycles. The first-order valence-corrected chi connectivity index (χ1v) is 4.45. The Kier molecular flexibility index (Phi) is 4.45. The van der Waals surface area contributed by atoms with Gasteiger partial charge in [0.15, 0.2) is 0 Å². The van der Waals surface area contributed by atoms with Gasteiger partial charge in [-0.25, -0.2) is 14.7 Å². The van der Waals surface area contributed by atoms with Crippen LogP contribution in [0.2, 0.25) is 0 Å². The summed E-state index contributed by atoms with van der Waals surface area (Å²) in [5.74, 6) is 5.40. The molecular weight excluding hydrogens is 204 g/mol. The van der Waals surface area contributed by atoms with Crippen molar-refractivity contribution in [3.05, 3.63) is 29.3 Å². The van der Waals surface area contributed by atoms with Crippen LogP contribution in [0.4, 0.5) is 8.78 Å². The highest BCUT2D eigenvalue weighted by atomic mass is 19.3. The number of hydrogen-bond donors (Lipinski definition) is 1. The lowest BCUT2D eigenvalue weighted by Gasteiger charge is -2.10. The van der Waals surface area contributed by atoms with E-state index in [1.54, 1.807) is 6.07 Å². The minimum Gasteiger partial charge on any atom is -0.497 e. The quantitative estimate of drug-likeness (QED) is 0.768. The number of methoxy groups -OCH3 is 1. The Labute approximate surface area is 86.7 Å². The Hall–Kier alpha value is -1.20. The molecule has 0 fully saturated rings. The van der Waals surface area contributed by atoms with E-state index in [1.165, 1.54) is 19.2 Å². The molecule has 0 saturated carbocycles. The number of nitrogens with two attached hydrogens (primary N) is 1. The van der Waals surface area contributed by atoms with E-state index in [1.807, 2.05) is 0 Å². The van der Waals surface area contributed by atoms with E-state index in [0.717, 1.165) is 0 Å². The summed E-state index contributed by atoms with van der Waals surface area (Å²) in [5.41, 5.74) is 0.489. The zero-order chi connectivity index (χ0) is 11.3. The minimum absolute atomic E-state index is 0.00662. The summed E-state index contributed by atoms with van der Waals surface area (Å²) in [5, 5.41) is 0. The molecule has 5 heteroatoms. The Morgan fingerprint density at radius 3 is 2.67 bits per heavy atom. The van der Waals surface area contributed by atoms with Crippen LogP contribution in [0, 0.1) is 0 Å². The van der Waals surface area contributed by atoms with Gasteiger partial charge in [-0.15, -0.1) is 0 Å². The Balaban J connectivity index is 2.94. The van der Waals surface area contributed by atoms with E-state index in [-0.39, 0.29) is 12.2 Å².